The second kappa shape index (κ2) is 9.86. The quantitative estimate of drug-likeness (QED) is 0.170. The zero-order chi connectivity index (χ0) is 30.1. The first-order chi connectivity index (χ1) is 19.2. The molecule has 220 valence electrons. The smallest absolute Gasteiger partial charge is 0.255 e. The zero-order valence-electron chi connectivity index (χ0n) is 23.3. The number of amides is 2. The second-order valence-corrected chi connectivity index (χ2v) is 11.7. The summed E-state index contributed by atoms with van der Waals surface area (Å²) in [6, 6.07) is 0.792. The molecule has 0 bridgehead atoms. The first-order valence-corrected chi connectivity index (χ1v) is 13.4. The van der Waals surface area contributed by atoms with Crippen LogP contribution in [0, 0.1) is 11.8 Å². The molecule has 4 aliphatic carbocycles. The molecule has 0 aromatic heterocycles. The van der Waals surface area contributed by atoms with Gasteiger partial charge >= 0.3 is 0 Å². The van der Waals surface area contributed by atoms with Crippen LogP contribution >= 0.6 is 0 Å². The summed E-state index contributed by atoms with van der Waals surface area (Å²) in [5.74, 6) is -7.67. The van der Waals surface area contributed by atoms with E-state index in [1.807, 2.05) is 0 Å². The van der Waals surface area contributed by atoms with Crippen molar-refractivity contribution in [1.29, 1.82) is 0 Å². The summed E-state index contributed by atoms with van der Waals surface area (Å²) < 4.78 is 0. The minimum Gasteiger partial charge on any atom is -0.510 e. The van der Waals surface area contributed by atoms with Crippen molar-refractivity contribution in [2.75, 3.05) is 45.0 Å². The second-order valence-electron chi connectivity index (χ2n) is 11.7. The number of phenolic OH excluding ortho intramolecular Hbond substituents is 1. The highest BCUT2D eigenvalue weighted by atomic mass is 16.3. The van der Waals surface area contributed by atoms with Gasteiger partial charge in [0.25, 0.3) is 5.91 Å². The molecule has 1 saturated carbocycles. The maximum Gasteiger partial charge on any atom is 0.255 e. The Hall–Kier alpha value is -3.94. The maximum absolute atomic E-state index is 14.0. The lowest BCUT2D eigenvalue weighted by atomic mass is 9.58. The number of nitrogens with zero attached hydrogens (tertiary/aromatic N) is 2. The van der Waals surface area contributed by atoms with E-state index >= 15 is 0 Å². The molecule has 2 amide bonds. The van der Waals surface area contributed by atoms with Crippen LogP contribution in [0.1, 0.15) is 35.2 Å². The van der Waals surface area contributed by atoms with Gasteiger partial charge in [-0.1, -0.05) is 0 Å². The number of aliphatic hydroxyl groups excluding tert-OH is 2. The van der Waals surface area contributed by atoms with Gasteiger partial charge in [0.2, 0.25) is 11.7 Å². The summed E-state index contributed by atoms with van der Waals surface area (Å²) >= 11 is 0. The average molecular weight is 570 g/mol. The number of rotatable bonds is 7. The summed E-state index contributed by atoms with van der Waals surface area (Å²) in [4.78, 5) is 55.4. The van der Waals surface area contributed by atoms with E-state index in [4.69, 9.17) is 5.73 Å². The summed E-state index contributed by atoms with van der Waals surface area (Å²) in [5, 5.41) is 51.0. The van der Waals surface area contributed by atoms with Crippen molar-refractivity contribution in [3.05, 3.63) is 39.9 Å². The Morgan fingerprint density at radius 3 is 2.34 bits per heavy atom. The molecule has 0 saturated heterocycles. The van der Waals surface area contributed by atoms with Crippen LogP contribution in [0.5, 0.6) is 5.75 Å². The van der Waals surface area contributed by atoms with Gasteiger partial charge in [-0.2, -0.15) is 0 Å². The number of nitrogens with one attached hydrogen (secondary N) is 2. The molecule has 5 rings (SSSR count). The van der Waals surface area contributed by atoms with Crippen LogP contribution in [0.15, 0.2) is 28.7 Å². The van der Waals surface area contributed by atoms with Gasteiger partial charge in [-0.3, -0.25) is 24.1 Å². The molecule has 1 aromatic rings. The number of aromatic hydroxyl groups is 1. The fourth-order valence-electron chi connectivity index (χ4n) is 6.51. The predicted octanol–water partition coefficient (Wildman–Crippen LogP) is -0.123. The molecule has 4 aliphatic rings. The van der Waals surface area contributed by atoms with Crippen molar-refractivity contribution in [1.82, 2.24) is 10.2 Å². The number of hydrogen-bond donors (Lipinski definition) is 7. The van der Waals surface area contributed by atoms with Crippen LogP contribution < -0.4 is 21.3 Å². The molecular formula is C28H35N5O8. The molecule has 8 N–H and O–H groups in total. The number of benzene rings is 1. The monoisotopic (exact) mass is 569 g/mol. The molecule has 41 heavy (non-hydrogen) atoms. The fraction of sp³-hybridized carbons (Fsp3) is 0.500. The van der Waals surface area contributed by atoms with Crippen LogP contribution in [-0.4, -0.2) is 101 Å². The van der Waals surface area contributed by atoms with E-state index in [1.165, 1.54) is 4.90 Å². The Morgan fingerprint density at radius 2 is 1.78 bits per heavy atom. The molecule has 2 unspecified atom stereocenters. The lowest BCUT2D eigenvalue weighted by Crippen LogP contribution is -2.63. The third-order valence-corrected chi connectivity index (χ3v) is 8.58. The number of ketones is 2. The number of nitrogens with two attached hydrogens (primary N) is 1. The predicted molar refractivity (Wildman–Crippen MR) is 148 cm³/mol. The number of phenols is 1. The van der Waals surface area contributed by atoms with Crippen LogP contribution in [0.4, 0.5) is 11.4 Å². The molecule has 1 fully saturated rings. The number of Topliss-reactive ketones (excluding diaryl/α,β-unsaturated/α-hetero) is 2. The van der Waals surface area contributed by atoms with Crippen molar-refractivity contribution in [2.24, 2.45) is 17.6 Å². The van der Waals surface area contributed by atoms with Gasteiger partial charge in [0, 0.05) is 37.3 Å². The van der Waals surface area contributed by atoms with Gasteiger partial charge < -0.3 is 41.7 Å². The first-order valence-electron chi connectivity index (χ1n) is 13.4. The number of likely N-dealkylation sites (N-methyl/N-ethyl adjacent to an activating group) is 1. The molecule has 1 aromatic carbocycles. The van der Waals surface area contributed by atoms with Crippen molar-refractivity contribution in [3.8, 4) is 5.75 Å². The Labute approximate surface area is 236 Å². The van der Waals surface area contributed by atoms with Crippen LogP contribution in [0.3, 0.4) is 0 Å². The number of aliphatic hydroxyl groups is 3. The highest BCUT2D eigenvalue weighted by Crippen LogP contribution is 2.53. The molecule has 0 spiro atoms. The fourth-order valence-corrected chi connectivity index (χ4v) is 6.51. The van der Waals surface area contributed by atoms with Gasteiger partial charge in [-0.15, -0.1) is 0 Å². The SMILES string of the molecule is CN(C)c1cc(NC(=O)CNC2CC2)c(O)c2c1CC1CC3[C@H](N(C)C)C(O)=C(C(N)=O)C(=O)[C@@]3(O)C(O)=C1C2=O. The largest absolute Gasteiger partial charge is 0.510 e. The van der Waals surface area contributed by atoms with Gasteiger partial charge in [0.15, 0.2) is 17.1 Å². The molecule has 0 heterocycles. The Kier molecular flexibility index (Phi) is 6.87. The van der Waals surface area contributed by atoms with Gasteiger partial charge in [-0.25, -0.2) is 0 Å². The minimum absolute atomic E-state index is 0.000352. The van der Waals surface area contributed by atoms with E-state index in [1.54, 1.807) is 39.2 Å². The van der Waals surface area contributed by atoms with E-state index in [0.29, 0.717) is 11.3 Å². The third kappa shape index (κ3) is 4.35. The third-order valence-electron chi connectivity index (χ3n) is 8.58. The van der Waals surface area contributed by atoms with E-state index < -0.39 is 69.7 Å². The lowest BCUT2D eigenvalue weighted by Gasteiger charge is -2.50. The maximum atomic E-state index is 14.0. The highest BCUT2D eigenvalue weighted by molar-refractivity contribution is 6.25. The summed E-state index contributed by atoms with van der Waals surface area (Å²) in [6.45, 7) is 0.0204. The summed E-state index contributed by atoms with van der Waals surface area (Å²) in [5.41, 5.74) is 2.40. The molecule has 0 aliphatic heterocycles. The van der Waals surface area contributed by atoms with Gasteiger partial charge in [0.05, 0.1) is 23.8 Å². The standard InChI is InChI=1S/C28H35N5O8/c1-32(2)16-9-15(31-17(34)10-30-12-5-6-12)22(35)19-13(16)7-11-8-14-21(33(3)4)24(37)20(27(29)40)26(39)28(14,41)25(38)18(11)23(19)36/h9,11-12,14,21,30,35,37-38,41H,5-8,10H2,1-4H3,(H2,29,40)(H,31,34)/t11?,14?,21-,28-/m0/s1. The van der Waals surface area contributed by atoms with Gasteiger partial charge in [0.1, 0.15) is 17.1 Å². The summed E-state index contributed by atoms with van der Waals surface area (Å²) in [6.07, 6.45) is 2.10. The number of fused-ring (bicyclic) bond motifs is 3. The molecule has 13 nitrogen and oxygen atoms in total. The Balaban J connectivity index is 1.63. The average Bonchev–Trinajstić information content (AvgIpc) is 3.70. The molecular weight excluding hydrogens is 534 g/mol. The normalized spacial score (nSPS) is 27.4. The lowest BCUT2D eigenvalue weighted by molar-refractivity contribution is -0.148. The zero-order valence-corrected chi connectivity index (χ0v) is 23.3. The van der Waals surface area contributed by atoms with Crippen LogP contribution in [-0.2, 0) is 20.8 Å². The molecule has 0 radical (unpaired) electrons. The number of anilines is 2. The van der Waals surface area contributed by atoms with Crippen LogP contribution in [0.2, 0.25) is 0 Å². The van der Waals surface area contributed by atoms with E-state index in [9.17, 15) is 39.6 Å². The van der Waals surface area contributed by atoms with Crippen LogP contribution in [0.25, 0.3) is 0 Å². The van der Waals surface area contributed by atoms with Crippen molar-refractivity contribution in [3.63, 3.8) is 0 Å². The first kappa shape index (κ1) is 28.6. The topological polar surface area (TPSA) is 206 Å². The van der Waals surface area contributed by atoms with E-state index in [0.717, 1.165) is 12.8 Å². The Bertz CT molecular complexity index is 1440. The van der Waals surface area contributed by atoms with Crippen molar-refractivity contribution >= 4 is 34.8 Å². The van der Waals surface area contributed by atoms with Gasteiger partial charge in [-0.05, 0) is 57.3 Å². The molecule has 4 atom stereocenters. The number of primary amides is 1. The van der Waals surface area contributed by atoms with E-state index in [-0.39, 0.29) is 42.3 Å². The van der Waals surface area contributed by atoms with Crippen molar-refractivity contribution < 1.29 is 39.6 Å². The van der Waals surface area contributed by atoms with E-state index in [2.05, 4.69) is 10.6 Å². The number of hydrogen-bond acceptors (Lipinski definition) is 11. The summed E-state index contributed by atoms with van der Waals surface area (Å²) in [7, 11) is 6.64. The number of carbonyl (C=O) groups excluding carboxylic acids is 4. The highest BCUT2D eigenvalue weighted by Gasteiger charge is 2.63. The number of allylic oxidation sites excluding steroid dienone is 1. The molecule has 13 heteroatoms. The number of carbonyl (C=O) groups is 4. The van der Waals surface area contributed by atoms with Crippen molar-refractivity contribution in [2.45, 2.75) is 43.4 Å². The Morgan fingerprint density at radius 1 is 1.12 bits per heavy atom. The minimum atomic E-state index is -2.72.